The molecule has 2 rings (SSSR count). The van der Waals surface area contributed by atoms with Crippen LogP contribution in [0.25, 0.3) is 0 Å². The molecule has 21 heavy (non-hydrogen) atoms. The van der Waals surface area contributed by atoms with Crippen molar-refractivity contribution in [1.29, 1.82) is 0 Å². The second kappa shape index (κ2) is 7.66. The van der Waals surface area contributed by atoms with E-state index in [4.69, 9.17) is 0 Å². The van der Waals surface area contributed by atoms with Crippen LogP contribution >= 0.6 is 11.8 Å². The van der Waals surface area contributed by atoms with Gasteiger partial charge in [0, 0.05) is 35.5 Å². The van der Waals surface area contributed by atoms with Crippen LogP contribution in [-0.4, -0.2) is 15.8 Å². The van der Waals surface area contributed by atoms with Gasteiger partial charge < -0.3 is 5.32 Å². The van der Waals surface area contributed by atoms with Crippen molar-refractivity contribution < 1.29 is 0 Å². The van der Waals surface area contributed by atoms with Gasteiger partial charge in [-0.2, -0.15) is 5.10 Å². The average molecular weight is 303 g/mol. The van der Waals surface area contributed by atoms with Crippen LogP contribution in [0.15, 0.2) is 41.4 Å². The zero-order chi connectivity index (χ0) is 15.2. The summed E-state index contributed by atoms with van der Waals surface area (Å²) in [6.07, 6.45) is 2.06. The summed E-state index contributed by atoms with van der Waals surface area (Å²) in [5, 5.41) is 8.01. The van der Waals surface area contributed by atoms with E-state index in [1.807, 2.05) is 16.4 Å². The molecule has 0 fully saturated rings. The first-order valence-corrected chi connectivity index (χ1v) is 8.52. The molecule has 1 N–H and O–H groups in total. The largest absolute Gasteiger partial charge is 0.310 e. The molecule has 2 aromatic rings. The molecule has 0 atom stereocenters. The number of thioether (sulfide) groups is 1. The first-order valence-electron chi connectivity index (χ1n) is 7.53. The van der Waals surface area contributed by atoms with Gasteiger partial charge in [-0.25, -0.2) is 0 Å². The Morgan fingerprint density at radius 1 is 1.10 bits per heavy atom. The lowest BCUT2D eigenvalue weighted by atomic mass is 10.2. The van der Waals surface area contributed by atoms with Crippen molar-refractivity contribution in [3.05, 3.63) is 47.8 Å². The molecular formula is C17H25N3S. The van der Waals surface area contributed by atoms with Crippen molar-refractivity contribution in [2.75, 3.05) is 0 Å². The lowest BCUT2D eigenvalue weighted by molar-refractivity contribution is 0.529. The normalized spacial score (nSPS) is 11.5. The summed E-state index contributed by atoms with van der Waals surface area (Å²) in [4.78, 5) is 1.29. The monoisotopic (exact) mass is 303 g/mol. The number of nitrogens with zero attached hydrogens (tertiary/aromatic N) is 2. The highest BCUT2D eigenvalue weighted by atomic mass is 32.2. The molecule has 0 unspecified atom stereocenters. The molecule has 3 nitrogen and oxygen atoms in total. The molecule has 0 saturated carbocycles. The maximum absolute atomic E-state index is 4.58. The first-order chi connectivity index (χ1) is 10.0. The molecular weight excluding hydrogens is 278 g/mol. The zero-order valence-electron chi connectivity index (χ0n) is 13.3. The van der Waals surface area contributed by atoms with Gasteiger partial charge in [0.1, 0.15) is 0 Å². The molecule has 0 aliphatic heterocycles. The Balaban J connectivity index is 1.85. The van der Waals surface area contributed by atoms with E-state index in [0.717, 1.165) is 18.0 Å². The summed E-state index contributed by atoms with van der Waals surface area (Å²) in [5.74, 6) is 0.920. The Morgan fingerprint density at radius 2 is 1.81 bits per heavy atom. The molecule has 0 saturated heterocycles. The minimum atomic E-state index is 0.427. The second-order valence-corrected chi connectivity index (χ2v) is 6.90. The summed E-state index contributed by atoms with van der Waals surface area (Å²) in [6, 6.07) is 11.8. The third kappa shape index (κ3) is 5.21. The van der Waals surface area contributed by atoms with Crippen molar-refractivity contribution in [1.82, 2.24) is 15.1 Å². The van der Waals surface area contributed by atoms with Gasteiger partial charge in [-0.3, -0.25) is 4.68 Å². The third-order valence-corrected chi connectivity index (χ3v) is 4.26. The maximum Gasteiger partial charge on any atom is 0.0727 e. The highest BCUT2D eigenvalue weighted by Crippen LogP contribution is 2.22. The van der Waals surface area contributed by atoms with E-state index in [1.54, 1.807) is 0 Å². The molecule has 1 aromatic heterocycles. The van der Waals surface area contributed by atoms with Crippen LogP contribution < -0.4 is 5.32 Å². The van der Waals surface area contributed by atoms with E-state index in [2.05, 4.69) is 74.6 Å². The predicted octanol–water partition coefficient (Wildman–Crippen LogP) is 4.25. The molecule has 0 amide bonds. The fourth-order valence-electron chi connectivity index (χ4n) is 1.92. The summed E-state index contributed by atoms with van der Waals surface area (Å²) in [7, 11) is 0. The Kier molecular flexibility index (Phi) is 5.88. The van der Waals surface area contributed by atoms with E-state index in [0.29, 0.717) is 12.1 Å². The van der Waals surface area contributed by atoms with E-state index < -0.39 is 0 Å². The molecule has 1 heterocycles. The van der Waals surface area contributed by atoms with Crippen molar-refractivity contribution >= 4 is 11.8 Å². The van der Waals surface area contributed by atoms with Crippen LogP contribution in [0.3, 0.4) is 0 Å². The molecule has 114 valence electrons. The fourth-order valence-corrected chi connectivity index (χ4v) is 2.72. The number of hydrogen-bond acceptors (Lipinski definition) is 3. The predicted molar refractivity (Wildman–Crippen MR) is 90.6 cm³/mol. The van der Waals surface area contributed by atoms with Crippen molar-refractivity contribution in [2.45, 2.75) is 57.0 Å². The number of nitrogens with one attached hydrogen (secondary N) is 1. The summed E-state index contributed by atoms with van der Waals surface area (Å²) in [5.41, 5.74) is 2.47. The highest BCUT2D eigenvalue weighted by Gasteiger charge is 2.03. The van der Waals surface area contributed by atoms with Gasteiger partial charge in [0.15, 0.2) is 0 Å². The molecule has 1 aromatic carbocycles. The standard InChI is InChI=1S/C17H25N3S/c1-13(2)18-11-15-5-7-17(8-6-15)21-12-16-9-10-20(19-16)14(3)4/h5-10,13-14,18H,11-12H2,1-4H3. The minimum absolute atomic E-state index is 0.427. The molecule has 0 radical (unpaired) electrons. The van der Waals surface area contributed by atoms with Gasteiger partial charge >= 0.3 is 0 Å². The van der Waals surface area contributed by atoms with Crippen molar-refractivity contribution in [3.63, 3.8) is 0 Å². The van der Waals surface area contributed by atoms with E-state index in [-0.39, 0.29) is 0 Å². The quantitative estimate of drug-likeness (QED) is 0.775. The Morgan fingerprint density at radius 3 is 2.38 bits per heavy atom. The zero-order valence-corrected chi connectivity index (χ0v) is 14.2. The SMILES string of the molecule is CC(C)NCc1ccc(SCc2ccn(C(C)C)n2)cc1. The lowest BCUT2D eigenvalue weighted by Gasteiger charge is -2.08. The molecule has 0 aliphatic rings. The summed E-state index contributed by atoms with van der Waals surface area (Å²) >= 11 is 1.84. The molecule has 4 heteroatoms. The third-order valence-electron chi connectivity index (χ3n) is 3.22. The Hall–Kier alpha value is -1.26. The van der Waals surface area contributed by atoms with Crippen LogP contribution in [0.4, 0.5) is 0 Å². The first kappa shape index (κ1) is 16.1. The van der Waals surface area contributed by atoms with Crippen LogP contribution in [0.2, 0.25) is 0 Å². The minimum Gasteiger partial charge on any atom is -0.310 e. The maximum atomic E-state index is 4.58. The highest BCUT2D eigenvalue weighted by molar-refractivity contribution is 7.98. The Labute approximate surface area is 132 Å². The topological polar surface area (TPSA) is 29.9 Å². The van der Waals surface area contributed by atoms with Gasteiger partial charge in [-0.05, 0) is 37.6 Å². The lowest BCUT2D eigenvalue weighted by Crippen LogP contribution is -2.21. The Bertz CT molecular complexity index is 543. The smallest absolute Gasteiger partial charge is 0.0727 e. The summed E-state index contributed by atoms with van der Waals surface area (Å²) < 4.78 is 2.01. The van der Waals surface area contributed by atoms with Gasteiger partial charge in [0.05, 0.1) is 5.69 Å². The average Bonchev–Trinajstić information content (AvgIpc) is 2.93. The molecule has 0 aliphatic carbocycles. The molecule has 0 bridgehead atoms. The van der Waals surface area contributed by atoms with Crippen molar-refractivity contribution in [3.8, 4) is 0 Å². The number of aromatic nitrogens is 2. The van der Waals surface area contributed by atoms with Gasteiger partial charge in [0.25, 0.3) is 0 Å². The summed E-state index contributed by atoms with van der Waals surface area (Å²) in [6.45, 7) is 9.56. The number of rotatable bonds is 7. The van der Waals surface area contributed by atoms with E-state index in [9.17, 15) is 0 Å². The number of benzene rings is 1. The van der Waals surface area contributed by atoms with Gasteiger partial charge in [-0.1, -0.05) is 26.0 Å². The second-order valence-electron chi connectivity index (χ2n) is 5.85. The number of hydrogen-bond donors (Lipinski definition) is 1. The van der Waals surface area contributed by atoms with Gasteiger partial charge in [-0.15, -0.1) is 11.8 Å². The van der Waals surface area contributed by atoms with Crippen LogP contribution in [0.5, 0.6) is 0 Å². The fraction of sp³-hybridized carbons (Fsp3) is 0.471. The van der Waals surface area contributed by atoms with Crippen LogP contribution in [0, 0.1) is 0 Å². The van der Waals surface area contributed by atoms with Gasteiger partial charge in [0.2, 0.25) is 0 Å². The van der Waals surface area contributed by atoms with Crippen molar-refractivity contribution in [2.24, 2.45) is 0 Å². The van der Waals surface area contributed by atoms with Crippen LogP contribution in [-0.2, 0) is 12.3 Å². The van der Waals surface area contributed by atoms with Crippen LogP contribution in [0.1, 0.15) is 45.0 Å². The van der Waals surface area contributed by atoms with E-state index in [1.165, 1.54) is 10.5 Å². The molecule has 0 spiro atoms. The van der Waals surface area contributed by atoms with E-state index >= 15 is 0 Å².